The molecular weight excluding hydrogens is 396 g/mol. The van der Waals surface area contributed by atoms with E-state index in [0.717, 1.165) is 10.5 Å². The van der Waals surface area contributed by atoms with E-state index in [9.17, 15) is 19.2 Å². The van der Waals surface area contributed by atoms with Gasteiger partial charge < -0.3 is 14.8 Å². The average molecular weight is 417 g/mol. The summed E-state index contributed by atoms with van der Waals surface area (Å²) in [6.45, 7) is 0.550. The third-order valence-electron chi connectivity index (χ3n) is 4.58. The minimum atomic E-state index is -0.345. The minimum absolute atomic E-state index is 0.0675. The van der Waals surface area contributed by atoms with Crippen molar-refractivity contribution in [3.63, 3.8) is 0 Å². The Labute approximate surface area is 172 Å². The van der Waals surface area contributed by atoms with E-state index in [0.29, 0.717) is 17.1 Å². The molecule has 1 aromatic carbocycles. The fraction of sp³-hybridized carbons (Fsp3) is 0.300. The van der Waals surface area contributed by atoms with Crippen molar-refractivity contribution in [2.75, 3.05) is 25.5 Å². The Kier molecular flexibility index (Phi) is 6.33. The van der Waals surface area contributed by atoms with E-state index in [4.69, 9.17) is 11.6 Å². The Bertz CT molecular complexity index is 1000. The number of amides is 4. The molecule has 0 bridgehead atoms. The number of likely N-dealkylation sites (N-methyl/N-ethyl adjacent to an activating group) is 1. The summed E-state index contributed by atoms with van der Waals surface area (Å²) in [5.74, 6) is -0.523. The van der Waals surface area contributed by atoms with Gasteiger partial charge in [-0.3, -0.25) is 19.3 Å². The predicted octanol–water partition coefficient (Wildman–Crippen LogP) is 2.16. The van der Waals surface area contributed by atoms with Gasteiger partial charge in [0.1, 0.15) is 6.54 Å². The summed E-state index contributed by atoms with van der Waals surface area (Å²) in [4.78, 5) is 50.3. The molecule has 0 atom stereocenters. The summed E-state index contributed by atoms with van der Waals surface area (Å²) < 4.78 is 1.47. The fourth-order valence-corrected chi connectivity index (χ4v) is 3.24. The first-order valence-corrected chi connectivity index (χ1v) is 9.52. The van der Waals surface area contributed by atoms with Gasteiger partial charge in [-0.2, -0.15) is 0 Å². The van der Waals surface area contributed by atoms with Crippen LogP contribution < -0.4 is 10.9 Å². The van der Waals surface area contributed by atoms with Crippen molar-refractivity contribution in [1.29, 1.82) is 0 Å². The van der Waals surface area contributed by atoms with E-state index >= 15 is 0 Å². The van der Waals surface area contributed by atoms with Gasteiger partial charge in [0, 0.05) is 37.3 Å². The maximum atomic E-state index is 12.2. The van der Waals surface area contributed by atoms with E-state index < -0.39 is 0 Å². The maximum Gasteiger partial charge on any atom is 0.326 e. The Morgan fingerprint density at radius 3 is 2.59 bits per heavy atom. The Morgan fingerprint density at radius 1 is 1.14 bits per heavy atom. The molecule has 1 aromatic heterocycles. The number of benzene rings is 1. The molecule has 0 aliphatic carbocycles. The van der Waals surface area contributed by atoms with Gasteiger partial charge in [0.15, 0.2) is 0 Å². The van der Waals surface area contributed by atoms with E-state index in [1.807, 2.05) is 18.2 Å². The molecule has 0 saturated carbocycles. The van der Waals surface area contributed by atoms with Crippen molar-refractivity contribution in [2.45, 2.75) is 19.4 Å². The maximum absolute atomic E-state index is 12.2. The third kappa shape index (κ3) is 5.03. The van der Waals surface area contributed by atoms with Gasteiger partial charge in [0.05, 0.1) is 12.2 Å². The van der Waals surface area contributed by atoms with Gasteiger partial charge >= 0.3 is 6.03 Å². The molecule has 9 heteroatoms. The normalized spacial score (nSPS) is 13.9. The second kappa shape index (κ2) is 8.91. The standard InChI is InChI=1S/C20H21ClN4O4/c1-23-13-19(28)25(20(23)29)10-4-7-17(26)22-15-8-9-18(27)24(12-15)11-14-5-2-3-6-16(14)21/h2-3,5-6,8-9,12H,4,7,10-11,13H2,1H3,(H,22,26). The van der Waals surface area contributed by atoms with Gasteiger partial charge in [0.25, 0.3) is 5.56 Å². The molecule has 1 aliphatic heterocycles. The summed E-state index contributed by atoms with van der Waals surface area (Å²) >= 11 is 6.15. The first-order chi connectivity index (χ1) is 13.8. The number of urea groups is 1. The molecule has 0 unspecified atom stereocenters. The second-order valence-corrected chi connectivity index (χ2v) is 7.22. The lowest BCUT2D eigenvalue weighted by Gasteiger charge is -2.14. The summed E-state index contributed by atoms with van der Waals surface area (Å²) in [5, 5.41) is 3.30. The lowest BCUT2D eigenvalue weighted by molar-refractivity contribution is -0.125. The van der Waals surface area contributed by atoms with E-state index in [-0.39, 0.29) is 49.5 Å². The summed E-state index contributed by atoms with van der Waals surface area (Å²) in [6, 6.07) is 9.80. The van der Waals surface area contributed by atoms with Crippen LogP contribution in [0.2, 0.25) is 5.02 Å². The van der Waals surface area contributed by atoms with Crippen molar-refractivity contribution < 1.29 is 14.4 Å². The van der Waals surface area contributed by atoms with E-state index in [1.165, 1.54) is 21.6 Å². The third-order valence-corrected chi connectivity index (χ3v) is 4.95. The molecule has 0 radical (unpaired) electrons. The molecule has 1 aliphatic rings. The molecule has 2 heterocycles. The first-order valence-electron chi connectivity index (χ1n) is 9.14. The van der Waals surface area contributed by atoms with Crippen molar-refractivity contribution in [3.8, 4) is 0 Å². The summed E-state index contributed by atoms with van der Waals surface area (Å²) in [5.41, 5.74) is 1.07. The van der Waals surface area contributed by atoms with Crippen LogP contribution in [0.4, 0.5) is 10.5 Å². The van der Waals surface area contributed by atoms with Crippen molar-refractivity contribution in [3.05, 3.63) is 63.5 Å². The number of rotatable bonds is 7. The molecular formula is C20H21ClN4O4. The average Bonchev–Trinajstić information content (AvgIpc) is 2.92. The molecule has 8 nitrogen and oxygen atoms in total. The molecule has 1 saturated heterocycles. The summed E-state index contributed by atoms with van der Waals surface area (Å²) in [7, 11) is 1.56. The van der Waals surface area contributed by atoms with Gasteiger partial charge in [0.2, 0.25) is 11.8 Å². The summed E-state index contributed by atoms with van der Waals surface area (Å²) in [6.07, 6.45) is 2.06. The SMILES string of the molecule is CN1CC(=O)N(CCCC(=O)Nc2ccc(=O)n(Cc3ccccc3Cl)c2)C1=O. The highest BCUT2D eigenvalue weighted by atomic mass is 35.5. The van der Waals surface area contributed by atoms with Crippen LogP contribution in [0.5, 0.6) is 0 Å². The molecule has 29 heavy (non-hydrogen) atoms. The largest absolute Gasteiger partial charge is 0.326 e. The number of aromatic nitrogens is 1. The van der Waals surface area contributed by atoms with Crippen molar-refractivity contribution >= 4 is 35.1 Å². The van der Waals surface area contributed by atoms with Gasteiger partial charge in [-0.1, -0.05) is 29.8 Å². The van der Waals surface area contributed by atoms with E-state index in [2.05, 4.69) is 5.32 Å². The number of hydrogen-bond acceptors (Lipinski definition) is 4. The van der Waals surface area contributed by atoms with Crippen LogP contribution in [0, 0.1) is 0 Å². The molecule has 3 rings (SSSR count). The monoisotopic (exact) mass is 416 g/mol. The molecule has 152 valence electrons. The Balaban J connectivity index is 1.57. The van der Waals surface area contributed by atoms with Crippen LogP contribution in [0.25, 0.3) is 0 Å². The van der Waals surface area contributed by atoms with Crippen LogP contribution >= 0.6 is 11.6 Å². The first kappa shape index (κ1) is 20.6. The fourth-order valence-electron chi connectivity index (χ4n) is 3.05. The lowest BCUT2D eigenvalue weighted by atomic mass is 10.2. The topological polar surface area (TPSA) is 91.7 Å². The number of hydrogen-bond donors (Lipinski definition) is 1. The lowest BCUT2D eigenvalue weighted by Crippen LogP contribution is -2.33. The molecule has 1 fully saturated rings. The van der Waals surface area contributed by atoms with Crippen LogP contribution in [-0.2, 0) is 16.1 Å². The molecule has 0 spiro atoms. The highest BCUT2D eigenvalue weighted by Gasteiger charge is 2.32. The van der Waals surface area contributed by atoms with E-state index in [1.54, 1.807) is 19.3 Å². The van der Waals surface area contributed by atoms with Crippen LogP contribution in [-0.4, -0.2) is 52.3 Å². The highest BCUT2D eigenvalue weighted by molar-refractivity contribution is 6.31. The molecule has 2 aromatic rings. The Hall–Kier alpha value is -3.13. The van der Waals surface area contributed by atoms with Gasteiger partial charge in [-0.15, -0.1) is 0 Å². The van der Waals surface area contributed by atoms with Crippen LogP contribution in [0.3, 0.4) is 0 Å². The van der Waals surface area contributed by atoms with Crippen molar-refractivity contribution in [2.24, 2.45) is 0 Å². The zero-order valence-corrected chi connectivity index (χ0v) is 16.7. The number of pyridine rings is 1. The predicted molar refractivity (Wildman–Crippen MR) is 109 cm³/mol. The van der Waals surface area contributed by atoms with Gasteiger partial charge in [-0.25, -0.2) is 4.79 Å². The van der Waals surface area contributed by atoms with Gasteiger partial charge in [-0.05, 0) is 24.1 Å². The smallest absolute Gasteiger partial charge is 0.325 e. The Morgan fingerprint density at radius 2 is 1.90 bits per heavy atom. The number of imide groups is 1. The number of nitrogens with zero attached hydrogens (tertiary/aromatic N) is 3. The number of carbonyl (C=O) groups is 3. The highest BCUT2D eigenvalue weighted by Crippen LogP contribution is 2.16. The van der Waals surface area contributed by atoms with Crippen molar-refractivity contribution in [1.82, 2.24) is 14.4 Å². The number of anilines is 1. The second-order valence-electron chi connectivity index (χ2n) is 6.81. The molecule has 4 amide bonds. The number of halogens is 1. The zero-order chi connectivity index (χ0) is 21.0. The minimum Gasteiger partial charge on any atom is -0.325 e. The van der Waals surface area contributed by atoms with Crippen LogP contribution in [0.15, 0.2) is 47.4 Å². The zero-order valence-electron chi connectivity index (χ0n) is 15.9. The molecule has 1 N–H and O–H groups in total. The number of carbonyl (C=O) groups excluding carboxylic acids is 3. The van der Waals surface area contributed by atoms with Crippen LogP contribution in [0.1, 0.15) is 18.4 Å². The quantitative estimate of drug-likeness (QED) is 0.700. The number of nitrogens with one attached hydrogen (secondary N) is 1.